The predicted molar refractivity (Wildman–Crippen MR) is 76.2 cm³/mol. The number of nitrogens with zero attached hydrogens (tertiary/aromatic N) is 1. The van der Waals surface area contributed by atoms with E-state index in [-0.39, 0.29) is 28.6 Å². The lowest BCUT2D eigenvalue weighted by Gasteiger charge is -2.22. The van der Waals surface area contributed by atoms with Gasteiger partial charge in [0, 0.05) is 6.61 Å². The van der Waals surface area contributed by atoms with Crippen molar-refractivity contribution in [1.82, 2.24) is 10.3 Å². The Morgan fingerprint density at radius 1 is 1.58 bits per heavy atom. The molecule has 5 nitrogen and oxygen atoms in total. The lowest BCUT2D eigenvalue weighted by Crippen LogP contribution is -2.42. The van der Waals surface area contributed by atoms with Crippen molar-refractivity contribution in [2.45, 2.75) is 26.8 Å². The quantitative estimate of drug-likeness (QED) is 0.785. The van der Waals surface area contributed by atoms with E-state index in [2.05, 4.69) is 10.3 Å². The number of nitrogens with one attached hydrogen (secondary N) is 1. The fourth-order valence-corrected chi connectivity index (χ4v) is 1.70. The molecule has 1 aromatic heterocycles. The van der Waals surface area contributed by atoms with Gasteiger partial charge in [-0.15, -0.1) is 0 Å². The zero-order chi connectivity index (χ0) is 14.4. The van der Waals surface area contributed by atoms with Crippen LogP contribution in [0.2, 0.25) is 5.15 Å². The van der Waals surface area contributed by atoms with E-state index in [0.717, 1.165) is 0 Å². The summed E-state index contributed by atoms with van der Waals surface area (Å²) < 4.78 is 5.36. The van der Waals surface area contributed by atoms with Crippen LogP contribution in [0.25, 0.3) is 0 Å². The van der Waals surface area contributed by atoms with E-state index in [1.165, 1.54) is 12.3 Å². The summed E-state index contributed by atoms with van der Waals surface area (Å²) >= 11 is 5.90. The molecule has 19 heavy (non-hydrogen) atoms. The molecular weight excluding hydrogens is 266 g/mol. The Labute approximate surface area is 118 Å². The summed E-state index contributed by atoms with van der Waals surface area (Å²) in [5, 5.41) is 3.04. The third-order valence-corrected chi connectivity index (χ3v) is 3.03. The first-order valence-corrected chi connectivity index (χ1v) is 6.63. The SMILES string of the molecule is CCOCC(NC(=O)c1cc(N)cnc1Cl)C(C)C. The third kappa shape index (κ3) is 4.69. The molecule has 0 aliphatic carbocycles. The van der Waals surface area contributed by atoms with Gasteiger partial charge in [-0.3, -0.25) is 4.79 Å². The van der Waals surface area contributed by atoms with Crippen LogP contribution in [0.4, 0.5) is 5.69 Å². The van der Waals surface area contributed by atoms with Gasteiger partial charge in [-0.1, -0.05) is 25.4 Å². The van der Waals surface area contributed by atoms with Gasteiger partial charge in [0.2, 0.25) is 0 Å². The fourth-order valence-electron chi connectivity index (χ4n) is 1.52. The second-order valence-corrected chi connectivity index (χ2v) is 4.95. The van der Waals surface area contributed by atoms with E-state index in [9.17, 15) is 4.79 Å². The Hall–Kier alpha value is -1.33. The number of nitrogen functional groups attached to an aromatic ring is 1. The number of hydrogen-bond donors (Lipinski definition) is 2. The van der Waals surface area contributed by atoms with Gasteiger partial charge < -0.3 is 15.8 Å². The van der Waals surface area contributed by atoms with Crippen LogP contribution in [0.3, 0.4) is 0 Å². The molecule has 3 N–H and O–H groups in total. The van der Waals surface area contributed by atoms with E-state index >= 15 is 0 Å². The van der Waals surface area contributed by atoms with E-state index in [1.807, 2.05) is 20.8 Å². The Bertz CT molecular complexity index is 438. The van der Waals surface area contributed by atoms with Crippen LogP contribution in [0.5, 0.6) is 0 Å². The number of ether oxygens (including phenoxy) is 1. The van der Waals surface area contributed by atoms with Crippen molar-refractivity contribution in [3.63, 3.8) is 0 Å². The number of aromatic nitrogens is 1. The molecule has 1 amide bonds. The summed E-state index contributed by atoms with van der Waals surface area (Å²) in [6.07, 6.45) is 1.42. The van der Waals surface area contributed by atoms with Crippen LogP contribution < -0.4 is 11.1 Å². The molecule has 6 heteroatoms. The van der Waals surface area contributed by atoms with Crippen molar-refractivity contribution in [2.75, 3.05) is 18.9 Å². The number of anilines is 1. The summed E-state index contributed by atoms with van der Waals surface area (Å²) in [6.45, 7) is 7.03. The van der Waals surface area contributed by atoms with E-state index in [0.29, 0.717) is 18.9 Å². The molecule has 0 saturated carbocycles. The average molecular weight is 286 g/mol. The maximum absolute atomic E-state index is 12.1. The summed E-state index contributed by atoms with van der Waals surface area (Å²) in [6, 6.07) is 1.44. The minimum Gasteiger partial charge on any atom is -0.397 e. The van der Waals surface area contributed by atoms with Crippen LogP contribution in [-0.4, -0.2) is 30.1 Å². The highest BCUT2D eigenvalue weighted by Crippen LogP contribution is 2.16. The predicted octanol–water partition coefficient (Wildman–Crippen LogP) is 2.11. The van der Waals surface area contributed by atoms with Gasteiger partial charge in [0.05, 0.1) is 30.1 Å². The fraction of sp³-hybridized carbons (Fsp3) is 0.538. The molecule has 106 valence electrons. The zero-order valence-corrected chi connectivity index (χ0v) is 12.2. The lowest BCUT2D eigenvalue weighted by atomic mass is 10.0. The standard InChI is InChI=1S/C13H20ClN3O2/c1-4-19-7-11(8(2)3)17-13(18)10-5-9(15)6-16-12(10)14/h5-6,8,11H,4,7,15H2,1-3H3,(H,17,18). The molecule has 1 heterocycles. The summed E-state index contributed by atoms with van der Waals surface area (Å²) in [4.78, 5) is 16.0. The Kier molecular flexibility index (Phi) is 6.05. The topological polar surface area (TPSA) is 77.2 Å². The number of hydrogen-bond acceptors (Lipinski definition) is 4. The molecule has 1 rings (SSSR count). The molecule has 0 aliphatic rings. The van der Waals surface area contributed by atoms with E-state index in [4.69, 9.17) is 22.1 Å². The minimum absolute atomic E-state index is 0.0788. The molecule has 0 aromatic carbocycles. The van der Waals surface area contributed by atoms with Gasteiger partial charge in [0.1, 0.15) is 5.15 Å². The van der Waals surface area contributed by atoms with Gasteiger partial charge in [0.15, 0.2) is 0 Å². The third-order valence-electron chi connectivity index (χ3n) is 2.73. The highest BCUT2D eigenvalue weighted by atomic mass is 35.5. The van der Waals surface area contributed by atoms with Gasteiger partial charge in [-0.25, -0.2) is 4.98 Å². The van der Waals surface area contributed by atoms with E-state index < -0.39 is 0 Å². The van der Waals surface area contributed by atoms with Crippen molar-refractivity contribution >= 4 is 23.2 Å². The molecule has 0 saturated heterocycles. The van der Waals surface area contributed by atoms with Crippen LogP contribution >= 0.6 is 11.6 Å². The number of nitrogens with two attached hydrogens (primary N) is 1. The Balaban J connectivity index is 2.78. The molecule has 0 aliphatic heterocycles. The summed E-state index contributed by atoms with van der Waals surface area (Å²) in [5.41, 5.74) is 6.29. The van der Waals surface area contributed by atoms with Crippen LogP contribution in [0.1, 0.15) is 31.1 Å². The Morgan fingerprint density at radius 2 is 2.26 bits per heavy atom. The smallest absolute Gasteiger partial charge is 0.254 e. The van der Waals surface area contributed by atoms with Crippen LogP contribution in [0.15, 0.2) is 12.3 Å². The monoisotopic (exact) mass is 285 g/mol. The summed E-state index contributed by atoms with van der Waals surface area (Å²) in [5.74, 6) is -0.0357. The molecular formula is C13H20ClN3O2. The first kappa shape index (κ1) is 15.7. The van der Waals surface area contributed by atoms with E-state index in [1.54, 1.807) is 0 Å². The number of carbonyl (C=O) groups excluding carboxylic acids is 1. The number of halogens is 1. The van der Waals surface area contributed by atoms with Crippen molar-refractivity contribution in [3.05, 3.63) is 23.0 Å². The zero-order valence-electron chi connectivity index (χ0n) is 11.4. The molecule has 1 unspecified atom stereocenters. The molecule has 0 spiro atoms. The molecule has 1 aromatic rings. The molecule has 1 atom stereocenters. The Morgan fingerprint density at radius 3 is 2.84 bits per heavy atom. The number of carbonyl (C=O) groups is 1. The average Bonchev–Trinajstić information content (AvgIpc) is 2.36. The van der Waals surface area contributed by atoms with Gasteiger partial charge in [-0.2, -0.15) is 0 Å². The van der Waals surface area contributed by atoms with Gasteiger partial charge in [-0.05, 0) is 18.9 Å². The van der Waals surface area contributed by atoms with Gasteiger partial charge in [0.25, 0.3) is 5.91 Å². The second-order valence-electron chi connectivity index (χ2n) is 4.59. The van der Waals surface area contributed by atoms with Gasteiger partial charge >= 0.3 is 0 Å². The first-order chi connectivity index (χ1) is 8.95. The van der Waals surface area contributed by atoms with Crippen LogP contribution in [0, 0.1) is 5.92 Å². The number of rotatable bonds is 6. The van der Waals surface area contributed by atoms with Crippen molar-refractivity contribution in [1.29, 1.82) is 0 Å². The number of amides is 1. The largest absolute Gasteiger partial charge is 0.397 e. The van der Waals surface area contributed by atoms with Crippen molar-refractivity contribution < 1.29 is 9.53 Å². The highest BCUT2D eigenvalue weighted by Gasteiger charge is 2.19. The summed E-state index contributed by atoms with van der Waals surface area (Å²) in [7, 11) is 0. The minimum atomic E-state index is -0.289. The maximum Gasteiger partial charge on any atom is 0.254 e. The molecule has 0 fully saturated rings. The molecule has 0 bridgehead atoms. The second kappa shape index (κ2) is 7.31. The first-order valence-electron chi connectivity index (χ1n) is 6.25. The van der Waals surface area contributed by atoms with Crippen molar-refractivity contribution in [2.24, 2.45) is 5.92 Å². The number of pyridine rings is 1. The highest BCUT2D eigenvalue weighted by molar-refractivity contribution is 6.32. The van der Waals surface area contributed by atoms with Crippen LogP contribution in [-0.2, 0) is 4.74 Å². The maximum atomic E-state index is 12.1. The normalized spacial score (nSPS) is 12.5. The van der Waals surface area contributed by atoms with Crippen molar-refractivity contribution in [3.8, 4) is 0 Å². The molecule has 0 radical (unpaired) electrons. The lowest BCUT2D eigenvalue weighted by molar-refractivity contribution is 0.0806.